The van der Waals surface area contributed by atoms with Gasteiger partial charge in [-0.2, -0.15) is 0 Å². The van der Waals surface area contributed by atoms with Gasteiger partial charge >= 0.3 is 0 Å². The van der Waals surface area contributed by atoms with Crippen LogP contribution in [0.25, 0.3) is 11.6 Å². The summed E-state index contributed by atoms with van der Waals surface area (Å²) in [4.78, 5) is 43.5. The number of anilines is 2. The van der Waals surface area contributed by atoms with Gasteiger partial charge in [-0.15, -0.1) is 0 Å². The zero-order valence-electron chi connectivity index (χ0n) is 22.3. The van der Waals surface area contributed by atoms with Gasteiger partial charge < -0.3 is 25.8 Å². The maximum atomic E-state index is 13.0. The third-order valence-corrected chi connectivity index (χ3v) is 6.46. The Morgan fingerprint density at radius 2 is 1.82 bits per heavy atom. The molecule has 38 heavy (non-hydrogen) atoms. The fourth-order valence-electron chi connectivity index (χ4n) is 4.36. The molecule has 8 nitrogen and oxygen atoms in total. The topological polar surface area (TPSA) is 106 Å². The van der Waals surface area contributed by atoms with Crippen molar-refractivity contribution in [3.63, 3.8) is 0 Å². The van der Waals surface area contributed by atoms with Crippen LogP contribution in [0.2, 0.25) is 0 Å². The molecule has 0 radical (unpaired) electrons. The minimum absolute atomic E-state index is 0.164. The summed E-state index contributed by atoms with van der Waals surface area (Å²) in [6.45, 7) is 6.35. The van der Waals surface area contributed by atoms with Crippen LogP contribution in [0, 0.1) is 13.8 Å². The lowest BCUT2D eigenvalue weighted by Crippen LogP contribution is -2.26. The number of aromatic nitrogens is 1. The van der Waals surface area contributed by atoms with E-state index in [1.807, 2.05) is 70.1 Å². The van der Waals surface area contributed by atoms with E-state index >= 15 is 0 Å². The molecule has 2 heterocycles. The molecule has 4 N–H and O–H groups in total. The molecule has 0 saturated carbocycles. The fraction of sp³-hybridized carbons (Fsp3) is 0.233. The quantitative estimate of drug-likeness (QED) is 0.330. The number of amides is 3. The first-order valence-corrected chi connectivity index (χ1v) is 12.5. The van der Waals surface area contributed by atoms with E-state index in [4.69, 9.17) is 0 Å². The van der Waals surface area contributed by atoms with Crippen LogP contribution in [0.1, 0.15) is 51.4 Å². The molecule has 0 saturated heterocycles. The first kappa shape index (κ1) is 26.6. The first-order valence-electron chi connectivity index (χ1n) is 12.5. The molecule has 1 unspecified atom stereocenters. The van der Waals surface area contributed by atoms with Crippen molar-refractivity contribution in [3.8, 4) is 0 Å². The Balaban J connectivity index is 1.57. The van der Waals surface area contributed by atoms with Crippen molar-refractivity contribution in [1.82, 2.24) is 15.2 Å². The Labute approximate surface area is 222 Å². The summed E-state index contributed by atoms with van der Waals surface area (Å²) in [5.74, 6) is -0.693. The summed E-state index contributed by atoms with van der Waals surface area (Å²) in [6.07, 6.45) is 5.06. The van der Waals surface area contributed by atoms with Crippen molar-refractivity contribution in [2.75, 3.05) is 31.3 Å². The number of hydrogen-bond donors (Lipinski definition) is 4. The number of aryl methyl sites for hydroxylation is 1. The van der Waals surface area contributed by atoms with Gasteiger partial charge in [0.2, 0.25) is 5.91 Å². The highest BCUT2D eigenvalue weighted by molar-refractivity contribution is 6.35. The van der Waals surface area contributed by atoms with E-state index in [2.05, 4.69) is 20.9 Å². The van der Waals surface area contributed by atoms with Gasteiger partial charge in [-0.25, -0.2) is 0 Å². The van der Waals surface area contributed by atoms with Crippen molar-refractivity contribution < 1.29 is 14.4 Å². The van der Waals surface area contributed by atoms with Crippen LogP contribution in [-0.4, -0.2) is 48.2 Å². The molecule has 196 valence electrons. The smallest absolute Gasteiger partial charge is 0.256 e. The number of carbonyl (C=O) groups is 3. The molecular weight excluding hydrogens is 478 g/mol. The zero-order chi connectivity index (χ0) is 27.4. The Morgan fingerprint density at radius 3 is 2.53 bits per heavy atom. The van der Waals surface area contributed by atoms with Gasteiger partial charge in [0, 0.05) is 40.8 Å². The summed E-state index contributed by atoms with van der Waals surface area (Å²) in [5, 5.41) is 8.82. The van der Waals surface area contributed by atoms with Crippen LogP contribution in [-0.2, 0) is 9.59 Å². The number of H-pyrrole nitrogens is 1. The Bertz CT molecular complexity index is 1430. The Hall–Kier alpha value is -4.43. The molecule has 1 atom stereocenters. The predicted octanol–water partition coefficient (Wildman–Crippen LogP) is 4.67. The van der Waals surface area contributed by atoms with E-state index in [0.29, 0.717) is 40.3 Å². The van der Waals surface area contributed by atoms with E-state index in [9.17, 15) is 14.4 Å². The second kappa shape index (κ2) is 11.3. The van der Waals surface area contributed by atoms with Crippen LogP contribution in [0.3, 0.4) is 0 Å². The molecule has 0 spiro atoms. The second-order valence-corrected chi connectivity index (χ2v) is 9.70. The van der Waals surface area contributed by atoms with Crippen LogP contribution in [0.15, 0.2) is 60.7 Å². The zero-order valence-corrected chi connectivity index (χ0v) is 22.3. The van der Waals surface area contributed by atoms with E-state index in [1.54, 1.807) is 30.4 Å². The van der Waals surface area contributed by atoms with Gasteiger partial charge in [-0.05, 0) is 70.3 Å². The van der Waals surface area contributed by atoms with Gasteiger partial charge in [0.15, 0.2) is 0 Å². The minimum Gasteiger partial charge on any atom is -0.357 e. The molecule has 3 amide bonds. The Morgan fingerprint density at radius 1 is 1.08 bits per heavy atom. The van der Waals surface area contributed by atoms with Gasteiger partial charge in [0.1, 0.15) is 0 Å². The van der Waals surface area contributed by atoms with E-state index < -0.39 is 0 Å². The monoisotopic (exact) mass is 511 g/mol. The summed E-state index contributed by atoms with van der Waals surface area (Å²) >= 11 is 0. The number of nitrogens with one attached hydrogen (secondary N) is 4. The number of likely N-dealkylation sites (N-methyl/N-ethyl adjacent to an activating group) is 1. The molecule has 0 fully saturated rings. The third-order valence-electron chi connectivity index (χ3n) is 6.46. The second-order valence-electron chi connectivity index (χ2n) is 9.70. The number of rotatable bonds is 8. The fourth-order valence-corrected chi connectivity index (χ4v) is 4.36. The summed E-state index contributed by atoms with van der Waals surface area (Å²) in [5.41, 5.74) is 6.20. The van der Waals surface area contributed by atoms with Crippen molar-refractivity contribution in [3.05, 3.63) is 94.3 Å². The van der Waals surface area contributed by atoms with Crippen molar-refractivity contribution in [2.24, 2.45) is 0 Å². The maximum Gasteiger partial charge on any atom is 0.256 e. The number of aromatic amines is 1. The number of benzene rings is 2. The molecule has 3 aromatic rings. The van der Waals surface area contributed by atoms with Gasteiger partial charge in [-0.3, -0.25) is 14.4 Å². The molecule has 0 aliphatic carbocycles. The van der Waals surface area contributed by atoms with Crippen LogP contribution < -0.4 is 16.0 Å². The number of carbonyl (C=O) groups excluding carboxylic acids is 3. The van der Waals surface area contributed by atoms with E-state index in [1.165, 1.54) is 6.08 Å². The highest BCUT2D eigenvalue weighted by atomic mass is 16.2. The van der Waals surface area contributed by atoms with E-state index in [0.717, 1.165) is 16.8 Å². The molecule has 8 heteroatoms. The van der Waals surface area contributed by atoms with E-state index in [-0.39, 0.29) is 23.8 Å². The lowest BCUT2D eigenvalue weighted by molar-refractivity contribution is -0.112. The van der Waals surface area contributed by atoms with Crippen LogP contribution >= 0.6 is 0 Å². The highest BCUT2D eigenvalue weighted by Gasteiger charge is 2.26. The summed E-state index contributed by atoms with van der Waals surface area (Å²) in [7, 11) is 3.86. The summed E-state index contributed by atoms with van der Waals surface area (Å²) in [6, 6.07) is 14.8. The highest BCUT2D eigenvalue weighted by Crippen LogP contribution is 2.35. The van der Waals surface area contributed by atoms with Crippen molar-refractivity contribution in [1.29, 1.82) is 0 Å². The molecule has 0 bridgehead atoms. The molecule has 1 aliphatic heterocycles. The largest absolute Gasteiger partial charge is 0.357 e. The number of nitrogens with zero attached hydrogens (tertiary/aromatic N) is 1. The standard InChI is InChI=1S/C30H33N5O3/c1-18-26(31-20(3)28(18)34-27(36)12-9-15-35(4)5)17-24-23-16-22(13-14-25(23)33-30(24)38)29(37)32-19(2)21-10-7-6-8-11-21/h6-14,16-17,19,31H,15H2,1-5H3,(H,32,37)(H,33,38)(H,34,36)/b12-9+,24-17-. The maximum absolute atomic E-state index is 13.0. The van der Waals surface area contributed by atoms with Gasteiger partial charge in [0.25, 0.3) is 11.8 Å². The van der Waals surface area contributed by atoms with Crippen molar-refractivity contribution >= 4 is 40.7 Å². The Kier molecular flexibility index (Phi) is 7.93. The number of hydrogen-bond acceptors (Lipinski definition) is 4. The SMILES string of the molecule is Cc1[nH]c(/C=C2\C(=O)Nc3ccc(C(=O)NC(C)c4ccccc4)cc32)c(C)c1NC(=O)/C=C/CN(C)C. The van der Waals surface area contributed by atoms with Gasteiger partial charge in [0.05, 0.1) is 17.3 Å². The van der Waals surface area contributed by atoms with Gasteiger partial charge in [-0.1, -0.05) is 36.4 Å². The minimum atomic E-state index is -0.251. The number of fused-ring (bicyclic) bond motifs is 1. The molecule has 4 rings (SSSR count). The molecular formula is C30H33N5O3. The average molecular weight is 512 g/mol. The predicted molar refractivity (Wildman–Crippen MR) is 152 cm³/mol. The van der Waals surface area contributed by atoms with Crippen LogP contribution in [0.4, 0.5) is 11.4 Å². The molecule has 1 aliphatic rings. The summed E-state index contributed by atoms with van der Waals surface area (Å²) < 4.78 is 0. The van der Waals surface area contributed by atoms with Crippen molar-refractivity contribution in [2.45, 2.75) is 26.8 Å². The average Bonchev–Trinajstić information content (AvgIpc) is 3.33. The lowest BCUT2D eigenvalue weighted by Gasteiger charge is -2.14. The molecule has 2 aromatic carbocycles. The normalized spacial score (nSPS) is 14.6. The van der Waals surface area contributed by atoms with Crippen LogP contribution in [0.5, 0.6) is 0 Å². The third kappa shape index (κ3) is 5.92. The lowest BCUT2D eigenvalue weighted by atomic mass is 10.0. The molecule has 1 aromatic heterocycles. The first-order chi connectivity index (χ1) is 18.1.